The van der Waals surface area contributed by atoms with Crippen LogP contribution in [-0.4, -0.2) is 41.4 Å². The van der Waals surface area contributed by atoms with Gasteiger partial charge in [0.05, 0.1) is 12.5 Å². The largest absolute Gasteiger partial charge is 0.337 e. The first-order valence-electron chi connectivity index (χ1n) is 8.53. The molecule has 1 aliphatic rings. The molecule has 1 atom stereocenters. The fourth-order valence-electron chi connectivity index (χ4n) is 3.24. The van der Waals surface area contributed by atoms with Gasteiger partial charge in [-0.1, -0.05) is 44.2 Å². The molecule has 1 heterocycles. The first kappa shape index (κ1) is 17.5. The summed E-state index contributed by atoms with van der Waals surface area (Å²) in [5.41, 5.74) is 1.28. The average molecular weight is 313 g/mol. The molecule has 0 bridgehead atoms. The van der Waals surface area contributed by atoms with E-state index in [0.29, 0.717) is 18.8 Å². The van der Waals surface area contributed by atoms with E-state index >= 15 is 0 Å². The molecule has 1 aliphatic heterocycles. The van der Waals surface area contributed by atoms with Gasteiger partial charge in [0.1, 0.15) is 0 Å². The molecule has 0 unspecified atom stereocenters. The number of hydrogen-bond acceptors (Lipinski definition) is 3. The molecule has 1 aromatic carbocycles. The van der Waals surface area contributed by atoms with Crippen molar-refractivity contribution in [2.24, 2.45) is 5.92 Å². The molecule has 0 aliphatic carbocycles. The van der Waals surface area contributed by atoms with Crippen molar-refractivity contribution in [2.75, 3.05) is 19.6 Å². The van der Waals surface area contributed by atoms with E-state index in [4.69, 9.17) is 5.26 Å². The van der Waals surface area contributed by atoms with Crippen molar-refractivity contribution in [1.29, 1.82) is 5.26 Å². The van der Waals surface area contributed by atoms with Gasteiger partial charge in [0, 0.05) is 38.6 Å². The maximum atomic E-state index is 12.5. The highest BCUT2D eigenvalue weighted by Gasteiger charge is 2.27. The maximum Gasteiger partial charge on any atom is 0.224 e. The Hall–Kier alpha value is -1.86. The van der Waals surface area contributed by atoms with Crippen LogP contribution in [0.5, 0.6) is 0 Å². The lowest BCUT2D eigenvalue weighted by Crippen LogP contribution is -2.42. The predicted octanol–water partition coefficient (Wildman–Crippen LogP) is 3.05. The minimum atomic E-state index is 0.0594. The molecule has 0 saturated carbocycles. The van der Waals surface area contributed by atoms with Gasteiger partial charge in [-0.2, -0.15) is 5.26 Å². The summed E-state index contributed by atoms with van der Waals surface area (Å²) in [4.78, 5) is 16.8. The van der Waals surface area contributed by atoms with E-state index in [2.05, 4.69) is 49.1 Å². The third kappa shape index (κ3) is 5.37. The molecular weight excluding hydrogens is 286 g/mol. The van der Waals surface area contributed by atoms with E-state index in [0.717, 1.165) is 32.6 Å². The van der Waals surface area contributed by atoms with Crippen LogP contribution in [0.4, 0.5) is 0 Å². The number of carbonyl (C=O) groups excluding carboxylic acids is 1. The number of carbonyl (C=O) groups is 1. The first-order chi connectivity index (χ1) is 11.1. The fraction of sp³-hybridized carbons (Fsp3) is 0.579. The zero-order chi connectivity index (χ0) is 16.7. The van der Waals surface area contributed by atoms with E-state index in [9.17, 15) is 4.79 Å². The third-order valence-electron chi connectivity index (χ3n) is 4.38. The molecule has 0 spiro atoms. The van der Waals surface area contributed by atoms with Gasteiger partial charge in [0.25, 0.3) is 0 Å². The van der Waals surface area contributed by atoms with Crippen LogP contribution < -0.4 is 0 Å². The molecule has 1 saturated heterocycles. The van der Waals surface area contributed by atoms with Crippen LogP contribution >= 0.6 is 0 Å². The van der Waals surface area contributed by atoms with Crippen molar-refractivity contribution in [3.63, 3.8) is 0 Å². The van der Waals surface area contributed by atoms with Gasteiger partial charge in [-0.3, -0.25) is 9.69 Å². The van der Waals surface area contributed by atoms with Crippen molar-refractivity contribution in [1.82, 2.24) is 9.80 Å². The molecular formula is C19H27N3O. The molecule has 0 N–H and O–H groups in total. The smallest absolute Gasteiger partial charge is 0.224 e. The van der Waals surface area contributed by atoms with Gasteiger partial charge in [0.15, 0.2) is 0 Å². The van der Waals surface area contributed by atoms with Gasteiger partial charge in [-0.05, 0) is 17.9 Å². The van der Waals surface area contributed by atoms with Crippen molar-refractivity contribution >= 4 is 5.91 Å². The molecule has 1 aromatic rings. The molecule has 1 fully saturated rings. The fourth-order valence-corrected chi connectivity index (χ4v) is 3.24. The van der Waals surface area contributed by atoms with Gasteiger partial charge in [-0.15, -0.1) is 0 Å². The lowest BCUT2D eigenvalue weighted by atomic mass is 10.00. The summed E-state index contributed by atoms with van der Waals surface area (Å²) in [6.45, 7) is 7.58. The van der Waals surface area contributed by atoms with Crippen LogP contribution in [0.2, 0.25) is 0 Å². The number of hydrogen-bond donors (Lipinski definition) is 0. The highest BCUT2D eigenvalue weighted by Crippen LogP contribution is 2.18. The summed E-state index contributed by atoms with van der Waals surface area (Å²) in [5.74, 6) is 0.686. The highest BCUT2D eigenvalue weighted by molar-refractivity contribution is 5.77. The van der Waals surface area contributed by atoms with Crippen LogP contribution in [0, 0.1) is 17.2 Å². The zero-order valence-corrected chi connectivity index (χ0v) is 14.2. The van der Waals surface area contributed by atoms with Crippen LogP contribution in [0.1, 0.15) is 38.7 Å². The Morgan fingerprint density at radius 1 is 1.17 bits per heavy atom. The Morgan fingerprint density at radius 3 is 2.57 bits per heavy atom. The summed E-state index contributed by atoms with van der Waals surface area (Å²) in [6.07, 6.45) is 1.88. The van der Waals surface area contributed by atoms with Gasteiger partial charge >= 0.3 is 0 Å². The van der Waals surface area contributed by atoms with E-state index in [1.807, 2.05) is 11.0 Å². The topological polar surface area (TPSA) is 47.3 Å². The minimum Gasteiger partial charge on any atom is -0.337 e. The molecule has 2 rings (SSSR count). The number of nitrogens with zero attached hydrogens (tertiary/aromatic N) is 3. The molecule has 4 nitrogen and oxygen atoms in total. The Labute approximate surface area is 139 Å². The normalized spacial score (nSPS) is 17.8. The number of nitriles is 1. The Kier molecular flexibility index (Phi) is 6.61. The monoisotopic (exact) mass is 313 g/mol. The molecule has 23 heavy (non-hydrogen) atoms. The quantitative estimate of drug-likeness (QED) is 0.811. The van der Waals surface area contributed by atoms with Crippen LogP contribution in [-0.2, 0) is 11.3 Å². The number of rotatable bonds is 6. The Balaban J connectivity index is 1.99. The van der Waals surface area contributed by atoms with E-state index < -0.39 is 0 Å². The second-order valence-corrected chi connectivity index (χ2v) is 6.74. The van der Waals surface area contributed by atoms with Crippen molar-refractivity contribution in [3.8, 4) is 6.07 Å². The summed E-state index contributed by atoms with van der Waals surface area (Å²) >= 11 is 0. The van der Waals surface area contributed by atoms with E-state index in [1.165, 1.54) is 5.56 Å². The zero-order valence-electron chi connectivity index (χ0n) is 14.2. The van der Waals surface area contributed by atoms with Crippen molar-refractivity contribution in [2.45, 2.75) is 45.7 Å². The summed E-state index contributed by atoms with van der Waals surface area (Å²) < 4.78 is 0. The molecule has 124 valence electrons. The Morgan fingerprint density at radius 2 is 1.91 bits per heavy atom. The standard InChI is InChI=1S/C19H27N3O/c1-16(2)14-18(8-10-20)22-13-12-21(11-9-19(22)23)15-17-6-4-3-5-7-17/h3-7,16,18H,8-9,11-15H2,1-2H3/t18-/m1/s1. The van der Waals surface area contributed by atoms with Gasteiger partial charge < -0.3 is 4.90 Å². The third-order valence-corrected chi connectivity index (χ3v) is 4.38. The van der Waals surface area contributed by atoms with Crippen molar-refractivity contribution in [3.05, 3.63) is 35.9 Å². The van der Waals surface area contributed by atoms with E-state index in [-0.39, 0.29) is 11.9 Å². The van der Waals surface area contributed by atoms with Gasteiger partial charge in [-0.25, -0.2) is 0 Å². The average Bonchev–Trinajstić information content (AvgIpc) is 2.70. The lowest BCUT2D eigenvalue weighted by molar-refractivity contribution is -0.132. The number of benzene rings is 1. The van der Waals surface area contributed by atoms with Crippen LogP contribution in [0.15, 0.2) is 30.3 Å². The summed E-state index contributed by atoms with van der Waals surface area (Å²) in [6, 6.07) is 12.7. The molecule has 4 heteroatoms. The van der Waals surface area contributed by atoms with E-state index in [1.54, 1.807) is 0 Å². The lowest BCUT2D eigenvalue weighted by Gasteiger charge is -2.30. The minimum absolute atomic E-state index is 0.0594. The highest BCUT2D eigenvalue weighted by atomic mass is 16.2. The van der Waals surface area contributed by atoms with Gasteiger partial charge in [0.2, 0.25) is 5.91 Å². The summed E-state index contributed by atoms with van der Waals surface area (Å²) in [7, 11) is 0. The molecule has 1 amide bonds. The number of amides is 1. The molecule has 0 radical (unpaired) electrons. The SMILES string of the molecule is CC(C)C[C@@H](CC#N)N1CCN(Cc2ccccc2)CCC1=O. The molecule has 0 aromatic heterocycles. The van der Waals surface area contributed by atoms with Crippen LogP contribution in [0.3, 0.4) is 0 Å². The Bertz CT molecular complexity index is 535. The maximum absolute atomic E-state index is 12.5. The second kappa shape index (κ2) is 8.69. The van der Waals surface area contributed by atoms with Crippen LogP contribution in [0.25, 0.3) is 0 Å². The predicted molar refractivity (Wildman–Crippen MR) is 91.5 cm³/mol. The van der Waals surface area contributed by atoms with Crippen molar-refractivity contribution < 1.29 is 4.79 Å². The first-order valence-corrected chi connectivity index (χ1v) is 8.53. The second-order valence-electron chi connectivity index (χ2n) is 6.74. The summed E-state index contributed by atoms with van der Waals surface area (Å²) in [5, 5.41) is 9.09.